The zero-order valence-corrected chi connectivity index (χ0v) is 28.4. The first kappa shape index (κ1) is 28.4. The fourth-order valence-electron chi connectivity index (χ4n) is 8.24. The van der Waals surface area contributed by atoms with Gasteiger partial charge in [0.15, 0.2) is 0 Å². The lowest BCUT2D eigenvalue weighted by atomic mass is 9.97. The maximum atomic E-state index is 2.50. The molecule has 0 saturated heterocycles. The Morgan fingerprint density at radius 1 is 0.373 bits per heavy atom. The molecule has 0 unspecified atom stereocenters. The molecule has 0 amide bonds. The van der Waals surface area contributed by atoms with Gasteiger partial charge in [0.2, 0.25) is 0 Å². The summed E-state index contributed by atoms with van der Waals surface area (Å²) in [5.41, 5.74) is 11.9. The summed E-state index contributed by atoms with van der Waals surface area (Å²) < 4.78 is 5.07. The summed E-state index contributed by atoms with van der Waals surface area (Å²) in [7, 11) is 0. The molecule has 0 radical (unpaired) electrons. The Kier molecular flexibility index (Phi) is 6.16. The number of thiophene rings is 1. The first-order chi connectivity index (χ1) is 25.3. The van der Waals surface area contributed by atoms with Crippen LogP contribution in [-0.2, 0) is 0 Å². The number of hydrogen-bond acceptors (Lipinski definition) is 2. The van der Waals surface area contributed by atoms with Gasteiger partial charge in [-0.05, 0) is 76.9 Å². The van der Waals surface area contributed by atoms with E-state index in [4.69, 9.17) is 0 Å². The van der Waals surface area contributed by atoms with Gasteiger partial charge in [0.25, 0.3) is 0 Å². The molecule has 3 heterocycles. The summed E-state index contributed by atoms with van der Waals surface area (Å²) in [4.78, 5) is 2.50. The Morgan fingerprint density at radius 3 is 1.67 bits per heavy atom. The number of rotatable bonds is 5. The maximum Gasteiger partial charge on any atom is 0.0641 e. The predicted molar refractivity (Wildman–Crippen MR) is 220 cm³/mol. The van der Waals surface area contributed by atoms with Crippen LogP contribution in [0, 0.1) is 0 Å². The van der Waals surface area contributed by atoms with Gasteiger partial charge in [0.05, 0.1) is 22.2 Å². The van der Waals surface area contributed by atoms with Crippen LogP contribution in [-0.4, -0.2) is 4.40 Å². The Bertz CT molecular complexity index is 3020. The van der Waals surface area contributed by atoms with E-state index in [2.05, 4.69) is 191 Å². The van der Waals surface area contributed by atoms with Crippen molar-refractivity contribution >= 4 is 86.7 Å². The molecule has 51 heavy (non-hydrogen) atoms. The minimum atomic E-state index is 1.12. The molecule has 3 heteroatoms. The van der Waals surface area contributed by atoms with E-state index in [1.165, 1.54) is 86.2 Å². The van der Waals surface area contributed by atoms with Crippen LogP contribution in [0.3, 0.4) is 0 Å². The lowest BCUT2D eigenvalue weighted by molar-refractivity contribution is 1.31. The summed E-state index contributed by atoms with van der Waals surface area (Å²) in [6.07, 6.45) is 0. The molecule has 0 aliphatic carbocycles. The molecule has 0 saturated carbocycles. The van der Waals surface area contributed by atoms with E-state index in [0.29, 0.717) is 0 Å². The molecule has 0 aliphatic rings. The molecule has 238 valence electrons. The molecular weight excluding hydrogens is 637 g/mol. The van der Waals surface area contributed by atoms with Gasteiger partial charge in [-0.1, -0.05) is 127 Å². The van der Waals surface area contributed by atoms with Crippen LogP contribution < -0.4 is 4.90 Å². The summed E-state index contributed by atoms with van der Waals surface area (Å²) in [5, 5.41) is 7.70. The van der Waals surface area contributed by atoms with Crippen LogP contribution in [0.5, 0.6) is 0 Å². The number of hydrogen-bond donors (Lipinski definition) is 0. The lowest BCUT2D eigenvalue weighted by Crippen LogP contribution is -2.11. The van der Waals surface area contributed by atoms with Crippen molar-refractivity contribution in [2.75, 3.05) is 4.90 Å². The van der Waals surface area contributed by atoms with Crippen LogP contribution in [0.1, 0.15) is 0 Å². The van der Waals surface area contributed by atoms with Crippen molar-refractivity contribution in [2.24, 2.45) is 0 Å². The number of fused-ring (bicyclic) bond motifs is 9. The fraction of sp³-hybridized carbons (Fsp3) is 0. The number of benzene rings is 8. The van der Waals surface area contributed by atoms with E-state index in [0.717, 1.165) is 11.4 Å². The van der Waals surface area contributed by atoms with Crippen molar-refractivity contribution in [3.05, 3.63) is 182 Å². The van der Waals surface area contributed by atoms with E-state index in [1.807, 2.05) is 11.3 Å². The van der Waals surface area contributed by atoms with Crippen molar-refractivity contribution in [3.63, 3.8) is 0 Å². The lowest BCUT2D eigenvalue weighted by Gasteiger charge is -2.28. The standard InChI is InChI=1S/C48H30N2S/c1-3-13-31(14-4-1)33-27-34(32-15-5-2-6-16-32)29-36(28-33)49(35-23-24-39-38-18-9-12-22-45(38)51-46(39)30-35)44-26-25-40-37-17-7-10-20-42(37)50-43-21-11-8-19-41(43)47(44)48(40)50/h1-30H. The molecule has 2 nitrogen and oxygen atoms in total. The van der Waals surface area contributed by atoms with Crippen molar-refractivity contribution < 1.29 is 0 Å². The third-order valence-electron chi connectivity index (χ3n) is 10.5. The van der Waals surface area contributed by atoms with E-state index < -0.39 is 0 Å². The largest absolute Gasteiger partial charge is 0.310 e. The van der Waals surface area contributed by atoms with Crippen molar-refractivity contribution in [2.45, 2.75) is 0 Å². The highest BCUT2D eigenvalue weighted by Gasteiger charge is 2.25. The molecule has 0 atom stereocenters. The maximum absolute atomic E-state index is 2.50. The van der Waals surface area contributed by atoms with Crippen LogP contribution in [0.2, 0.25) is 0 Å². The normalized spacial score (nSPS) is 11.9. The van der Waals surface area contributed by atoms with Gasteiger partial charge in [-0.15, -0.1) is 11.3 Å². The number of aromatic nitrogens is 1. The van der Waals surface area contributed by atoms with Gasteiger partial charge in [0, 0.05) is 53.1 Å². The van der Waals surface area contributed by atoms with Crippen LogP contribution in [0.15, 0.2) is 182 Å². The topological polar surface area (TPSA) is 7.65 Å². The zero-order chi connectivity index (χ0) is 33.5. The average Bonchev–Trinajstić information content (AvgIpc) is 3.86. The third kappa shape index (κ3) is 4.29. The van der Waals surface area contributed by atoms with Gasteiger partial charge in [-0.25, -0.2) is 0 Å². The second-order valence-electron chi connectivity index (χ2n) is 13.3. The molecule has 0 aliphatic heterocycles. The molecular formula is C48H30N2S. The number of para-hydroxylation sites is 2. The SMILES string of the molecule is c1ccc(-c2cc(-c3ccccc3)cc(N(c3ccc4c(c3)sc3ccccc34)c3ccc4c5ccccc5n5c6ccccc6c3c45)c2)cc1. The van der Waals surface area contributed by atoms with Gasteiger partial charge in [-0.2, -0.15) is 0 Å². The second-order valence-corrected chi connectivity index (χ2v) is 14.4. The predicted octanol–water partition coefficient (Wildman–Crippen LogP) is 14.0. The Morgan fingerprint density at radius 2 is 0.941 bits per heavy atom. The van der Waals surface area contributed by atoms with E-state index in [9.17, 15) is 0 Å². The Labute approximate surface area is 299 Å². The minimum Gasteiger partial charge on any atom is -0.310 e. The monoisotopic (exact) mass is 666 g/mol. The first-order valence-electron chi connectivity index (χ1n) is 17.4. The highest BCUT2D eigenvalue weighted by atomic mass is 32.1. The minimum absolute atomic E-state index is 1.12. The molecule has 0 bridgehead atoms. The molecule has 11 aromatic rings. The molecule has 11 rings (SSSR count). The van der Waals surface area contributed by atoms with Crippen molar-refractivity contribution in [1.29, 1.82) is 0 Å². The molecule has 8 aromatic carbocycles. The zero-order valence-electron chi connectivity index (χ0n) is 27.6. The smallest absolute Gasteiger partial charge is 0.0641 e. The highest BCUT2D eigenvalue weighted by molar-refractivity contribution is 7.25. The van der Waals surface area contributed by atoms with Crippen molar-refractivity contribution in [3.8, 4) is 22.3 Å². The van der Waals surface area contributed by atoms with Crippen LogP contribution in [0.4, 0.5) is 17.1 Å². The summed E-state index contributed by atoms with van der Waals surface area (Å²) in [5.74, 6) is 0. The second kappa shape index (κ2) is 11.0. The highest BCUT2D eigenvalue weighted by Crippen LogP contribution is 2.49. The van der Waals surface area contributed by atoms with Crippen LogP contribution in [0.25, 0.3) is 80.5 Å². The molecule has 3 aromatic heterocycles. The van der Waals surface area contributed by atoms with Crippen molar-refractivity contribution in [1.82, 2.24) is 4.40 Å². The number of anilines is 3. The summed E-state index contributed by atoms with van der Waals surface area (Å²) >= 11 is 1.87. The molecule has 0 N–H and O–H groups in total. The summed E-state index contributed by atoms with van der Waals surface area (Å²) in [6.45, 7) is 0. The quantitative estimate of drug-likeness (QED) is 0.177. The van der Waals surface area contributed by atoms with Gasteiger partial charge < -0.3 is 9.30 Å². The van der Waals surface area contributed by atoms with Crippen LogP contribution >= 0.6 is 11.3 Å². The molecule has 0 spiro atoms. The van der Waals surface area contributed by atoms with E-state index in [1.54, 1.807) is 0 Å². The summed E-state index contributed by atoms with van der Waals surface area (Å²) in [6, 6.07) is 66.8. The Hall–Kier alpha value is -6.42. The molecule has 0 fully saturated rings. The fourth-order valence-corrected chi connectivity index (χ4v) is 9.38. The van der Waals surface area contributed by atoms with Gasteiger partial charge in [0.1, 0.15) is 0 Å². The average molecular weight is 667 g/mol. The van der Waals surface area contributed by atoms with E-state index in [-0.39, 0.29) is 0 Å². The van der Waals surface area contributed by atoms with Gasteiger partial charge in [-0.3, -0.25) is 0 Å². The van der Waals surface area contributed by atoms with Gasteiger partial charge >= 0.3 is 0 Å². The Balaban J connectivity index is 1.26. The number of nitrogens with zero attached hydrogens (tertiary/aromatic N) is 2. The van der Waals surface area contributed by atoms with E-state index >= 15 is 0 Å². The first-order valence-corrected chi connectivity index (χ1v) is 18.3. The third-order valence-corrected chi connectivity index (χ3v) is 11.6.